The van der Waals surface area contributed by atoms with Gasteiger partial charge in [-0.3, -0.25) is 14.0 Å². The van der Waals surface area contributed by atoms with E-state index >= 15 is 0 Å². The molecule has 0 saturated carbocycles. The second-order valence-corrected chi connectivity index (χ2v) is 4.39. The lowest BCUT2D eigenvalue weighted by molar-refractivity contribution is -0.124. The number of amides is 1. The molecule has 4 nitrogen and oxygen atoms in total. The molecule has 0 aliphatic carbocycles. The molecule has 0 aromatic rings. The minimum Gasteiger partial charge on any atom is -0.313 e. The molecule has 1 saturated heterocycles. The van der Waals surface area contributed by atoms with Crippen molar-refractivity contribution in [1.29, 1.82) is 0 Å². The van der Waals surface area contributed by atoms with Crippen LogP contribution in [0.15, 0.2) is 0 Å². The van der Waals surface area contributed by atoms with Gasteiger partial charge in [0, 0.05) is 13.0 Å². The second-order valence-electron chi connectivity index (χ2n) is 3.08. The number of hydrogen-bond acceptors (Lipinski definition) is 3. The van der Waals surface area contributed by atoms with Crippen LogP contribution in [0.5, 0.6) is 0 Å². The van der Waals surface area contributed by atoms with Crippen molar-refractivity contribution in [2.24, 2.45) is 0 Å². The number of carbonyl (C=O) groups is 1. The first-order valence-electron chi connectivity index (χ1n) is 4.12. The molecule has 12 heavy (non-hydrogen) atoms. The number of hydrogen-bond donors (Lipinski definition) is 0. The summed E-state index contributed by atoms with van der Waals surface area (Å²) < 4.78 is 17.7. The van der Waals surface area contributed by atoms with Crippen LogP contribution in [-0.2, 0) is 13.9 Å². The maximum Gasteiger partial charge on any atom is 0.287 e. The van der Waals surface area contributed by atoms with Gasteiger partial charge in [-0.2, -0.15) is 0 Å². The highest BCUT2D eigenvalue weighted by atomic mass is 31.1. The van der Waals surface area contributed by atoms with Gasteiger partial charge in [-0.05, 0) is 20.3 Å². The predicted molar refractivity (Wildman–Crippen MR) is 46.2 cm³/mol. The molecule has 70 valence electrons. The number of rotatable bonds is 3. The van der Waals surface area contributed by atoms with E-state index in [-0.39, 0.29) is 12.0 Å². The molecule has 1 fully saturated rings. The summed E-state index contributed by atoms with van der Waals surface area (Å²) in [5, 5.41) is 0. The van der Waals surface area contributed by atoms with Crippen LogP contribution in [-0.4, -0.2) is 23.2 Å². The first kappa shape index (κ1) is 9.75. The summed E-state index contributed by atoms with van der Waals surface area (Å²) in [5.41, 5.74) is 0. The quantitative estimate of drug-likeness (QED) is 0.634. The maximum absolute atomic E-state index is 11.3. The van der Waals surface area contributed by atoms with Crippen LogP contribution in [0.2, 0.25) is 0 Å². The molecule has 1 rings (SSSR count). The van der Waals surface area contributed by atoms with Crippen molar-refractivity contribution in [3.05, 3.63) is 0 Å². The highest BCUT2D eigenvalue weighted by molar-refractivity contribution is 7.37. The SMILES string of the molecule is CC(C)O[PH](=O)N1CCCC1=O. The highest BCUT2D eigenvalue weighted by Gasteiger charge is 2.25. The van der Waals surface area contributed by atoms with Gasteiger partial charge in [0.2, 0.25) is 5.91 Å². The third-order valence-corrected chi connectivity index (χ3v) is 3.22. The largest absolute Gasteiger partial charge is 0.313 e. The summed E-state index contributed by atoms with van der Waals surface area (Å²) in [6.07, 6.45) is 1.24. The fraction of sp³-hybridized carbons (Fsp3) is 0.857. The Morgan fingerprint density at radius 2 is 2.25 bits per heavy atom. The van der Waals surface area contributed by atoms with Crippen LogP contribution in [0.3, 0.4) is 0 Å². The van der Waals surface area contributed by atoms with Gasteiger partial charge in [-0.25, -0.2) is 0 Å². The molecule has 0 bridgehead atoms. The van der Waals surface area contributed by atoms with Crippen LogP contribution < -0.4 is 0 Å². The van der Waals surface area contributed by atoms with Gasteiger partial charge in [0.25, 0.3) is 8.18 Å². The van der Waals surface area contributed by atoms with Gasteiger partial charge < -0.3 is 4.52 Å². The Kier molecular flexibility index (Phi) is 3.29. The zero-order valence-corrected chi connectivity index (χ0v) is 8.37. The summed E-state index contributed by atoms with van der Waals surface area (Å²) in [6, 6.07) is 0. The number of carbonyl (C=O) groups excluding carboxylic acids is 1. The Labute approximate surface area is 72.8 Å². The van der Waals surface area contributed by atoms with E-state index in [0.717, 1.165) is 6.42 Å². The smallest absolute Gasteiger partial charge is 0.287 e. The predicted octanol–water partition coefficient (Wildman–Crippen LogP) is 1.42. The normalized spacial score (nSPS) is 20.6. The van der Waals surface area contributed by atoms with Gasteiger partial charge in [0.05, 0.1) is 6.10 Å². The zero-order valence-electron chi connectivity index (χ0n) is 7.37. The van der Waals surface area contributed by atoms with Gasteiger partial charge in [-0.15, -0.1) is 0 Å². The van der Waals surface area contributed by atoms with Crippen molar-refractivity contribution in [2.45, 2.75) is 32.8 Å². The van der Waals surface area contributed by atoms with Crippen molar-refractivity contribution >= 4 is 14.1 Å². The minimum absolute atomic E-state index is 0.0421. The van der Waals surface area contributed by atoms with E-state index in [4.69, 9.17) is 4.52 Å². The van der Waals surface area contributed by atoms with E-state index in [1.54, 1.807) is 0 Å². The molecular weight excluding hydrogens is 177 g/mol. The van der Waals surface area contributed by atoms with Crippen LogP contribution in [0.25, 0.3) is 0 Å². The van der Waals surface area contributed by atoms with E-state index in [9.17, 15) is 9.36 Å². The van der Waals surface area contributed by atoms with E-state index in [1.165, 1.54) is 4.67 Å². The minimum atomic E-state index is -2.28. The first-order chi connectivity index (χ1) is 5.61. The summed E-state index contributed by atoms with van der Waals surface area (Å²) in [6.45, 7) is 4.20. The monoisotopic (exact) mass is 191 g/mol. The molecule has 1 atom stereocenters. The maximum atomic E-state index is 11.3. The molecule has 1 aliphatic rings. The molecule has 0 aromatic heterocycles. The Morgan fingerprint density at radius 3 is 2.67 bits per heavy atom. The van der Waals surface area contributed by atoms with Gasteiger partial charge >= 0.3 is 0 Å². The first-order valence-corrected chi connectivity index (χ1v) is 5.38. The van der Waals surface area contributed by atoms with E-state index in [0.29, 0.717) is 13.0 Å². The van der Waals surface area contributed by atoms with Crippen molar-refractivity contribution in [1.82, 2.24) is 4.67 Å². The van der Waals surface area contributed by atoms with Crippen molar-refractivity contribution in [2.75, 3.05) is 6.54 Å². The summed E-state index contributed by atoms with van der Waals surface area (Å²) in [7, 11) is -2.28. The average molecular weight is 191 g/mol. The van der Waals surface area contributed by atoms with Gasteiger partial charge in [0.15, 0.2) is 0 Å². The zero-order chi connectivity index (χ0) is 9.14. The molecular formula is C7H14NO3P. The lowest BCUT2D eigenvalue weighted by Crippen LogP contribution is -2.17. The summed E-state index contributed by atoms with van der Waals surface area (Å²) >= 11 is 0. The van der Waals surface area contributed by atoms with Crippen LogP contribution in [0.1, 0.15) is 26.7 Å². The van der Waals surface area contributed by atoms with E-state index < -0.39 is 8.18 Å². The molecule has 1 unspecified atom stereocenters. The second kappa shape index (κ2) is 4.06. The standard InChI is InChI=1S/C7H14NO3P/c1-6(2)11-12(10)8-5-3-4-7(8)9/h6,12H,3-5H2,1-2H3. The third kappa shape index (κ3) is 2.32. The van der Waals surface area contributed by atoms with E-state index in [2.05, 4.69) is 0 Å². The fourth-order valence-electron chi connectivity index (χ4n) is 1.11. The van der Waals surface area contributed by atoms with Crippen molar-refractivity contribution in [3.8, 4) is 0 Å². The molecule has 0 N–H and O–H groups in total. The Hall–Kier alpha value is -0.340. The number of nitrogens with zero attached hydrogens (tertiary/aromatic N) is 1. The molecule has 0 radical (unpaired) electrons. The molecule has 1 heterocycles. The van der Waals surface area contributed by atoms with Gasteiger partial charge in [-0.1, -0.05) is 0 Å². The van der Waals surface area contributed by atoms with Crippen LogP contribution in [0.4, 0.5) is 0 Å². The van der Waals surface area contributed by atoms with Crippen LogP contribution in [0, 0.1) is 0 Å². The van der Waals surface area contributed by atoms with Crippen molar-refractivity contribution < 1.29 is 13.9 Å². The van der Waals surface area contributed by atoms with Crippen molar-refractivity contribution in [3.63, 3.8) is 0 Å². The molecule has 1 amide bonds. The molecule has 5 heteroatoms. The lowest BCUT2D eigenvalue weighted by Gasteiger charge is -2.16. The summed E-state index contributed by atoms with van der Waals surface area (Å²) in [4.78, 5) is 11.1. The molecule has 1 aliphatic heterocycles. The highest BCUT2D eigenvalue weighted by Crippen LogP contribution is 2.34. The third-order valence-electron chi connectivity index (χ3n) is 1.63. The lowest BCUT2D eigenvalue weighted by atomic mass is 10.4. The topological polar surface area (TPSA) is 46.6 Å². The fourth-order valence-corrected chi connectivity index (χ4v) is 2.29. The Morgan fingerprint density at radius 1 is 1.58 bits per heavy atom. The van der Waals surface area contributed by atoms with Gasteiger partial charge in [0.1, 0.15) is 0 Å². The Bertz CT molecular complexity index is 205. The summed E-state index contributed by atoms with van der Waals surface area (Å²) in [5.74, 6) is -0.0421. The van der Waals surface area contributed by atoms with Crippen LogP contribution >= 0.6 is 8.18 Å². The Balaban J connectivity index is 2.46. The molecule has 0 aromatic carbocycles. The molecule has 0 spiro atoms. The average Bonchev–Trinajstić information content (AvgIpc) is 2.33. The van der Waals surface area contributed by atoms with E-state index in [1.807, 2.05) is 13.8 Å².